The van der Waals surface area contributed by atoms with Crippen LogP contribution in [0, 0.1) is 0 Å². The summed E-state index contributed by atoms with van der Waals surface area (Å²) in [6.07, 6.45) is -4.06. The van der Waals surface area contributed by atoms with Crippen LogP contribution in [0.2, 0.25) is 0 Å². The zero-order valence-corrected chi connectivity index (χ0v) is 18.7. The van der Waals surface area contributed by atoms with Gasteiger partial charge < -0.3 is 9.47 Å². The molecule has 4 rings (SSSR count). The SMILES string of the molecule is COc1ccc(C2CC(c3ccccc3)=NN2C(=O)COC(=O)c2ccc(C(F)(F)F)cc2)cc1. The van der Waals surface area contributed by atoms with E-state index in [1.165, 1.54) is 5.01 Å². The van der Waals surface area contributed by atoms with Crippen molar-refractivity contribution in [1.82, 2.24) is 5.01 Å². The minimum Gasteiger partial charge on any atom is -0.497 e. The van der Waals surface area contributed by atoms with E-state index in [-0.39, 0.29) is 5.56 Å². The molecule has 0 bridgehead atoms. The van der Waals surface area contributed by atoms with Crippen molar-refractivity contribution in [3.63, 3.8) is 0 Å². The molecule has 0 saturated heterocycles. The van der Waals surface area contributed by atoms with E-state index in [0.717, 1.165) is 35.4 Å². The molecular formula is C26H21F3N2O4. The Bertz CT molecular complexity index is 1220. The summed E-state index contributed by atoms with van der Waals surface area (Å²) in [5, 5.41) is 5.78. The van der Waals surface area contributed by atoms with Crippen LogP contribution >= 0.6 is 0 Å². The fraction of sp³-hybridized carbons (Fsp3) is 0.192. The molecule has 1 aliphatic rings. The highest BCUT2D eigenvalue weighted by Crippen LogP contribution is 2.34. The second-order valence-corrected chi connectivity index (χ2v) is 7.80. The van der Waals surface area contributed by atoms with Crippen molar-refractivity contribution in [2.75, 3.05) is 13.7 Å². The number of amides is 1. The first-order chi connectivity index (χ1) is 16.8. The zero-order chi connectivity index (χ0) is 25.0. The van der Waals surface area contributed by atoms with Gasteiger partial charge in [-0.1, -0.05) is 42.5 Å². The number of ether oxygens (including phenoxy) is 2. The van der Waals surface area contributed by atoms with Crippen molar-refractivity contribution < 1.29 is 32.2 Å². The number of esters is 1. The van der Waals surface area contributed by atoms with Crippen molar-refractivity contribution in [3.05, 3.63) is 101 Å². The molecule has 1 unspecified atom stereocenters. The molecule has 1 heterocycles. The standard InChI is InChI=1S/C26H21F3N2O4/c1-34-21-13-9-18(10-14-21)23-15-22(17-5-3-2-4-6-17)30-31(23)24(32)16-35-25(33)19-7-11-20(12-8-19)26(27,28)29/h2-14,23H,15-16H2,1H3. The van der Waals surface area contributed by atoms with Gasteiger partial charge >= 0.3 is 12.1 Å². The highest BCUT2D eigenvalue weighted by molar-refractivity contribution is 6.03. The van der Waals surface area contributed by atoms with Gasteiger partial charge in [-0.3, -0.25) is 4.79 Å². The average Bonchev–Trinajstić information content (AvgIpc) is 3.33. The maximum absolute atomic E-state index is 13.0. The first kappa shape index (κ1) is 24.0. The summed E-state index contributed by atoms with van der Waals surface area (Å²) in [7, 11) is 1.56. The maximum atomic E-state index is 13.0. The quantitative estimate of drug-likeness (QED) is 0.450. The van der Waals surface area contributed by atoms with Crippen LogP contribution in [0.25, 0.3) is 0 Å². The van der Waals surface area contributed by atoms with E-state index in [4.69, 9.17) is 9.47 Å². The Kier molecular flexibility index (Phi) is 6.86. The number of hydrogen-bond donors (Lipinski definition) is 0. The third-order valence-electron chi connectivity index (χ3n) is 5.55. The molecule has 6 nitrogen and oxygen atoms in total. The van der Waals surface area contributed by atoms with Crippen LogP contribution in [-0.4, -0.2) is 36.3 Å². The van der Waals surface area contributed by atoms with Crippen molar-refractivity contribution in [2.24, 2.45) is 5.10 Å². The number of carbonyl (C=O) groups is 2. The molecule has 35 heavy (non-hydrogen) atoms. The van der Waals surface area contributed by atoms with Gasteiger partial charge in [0.15, 0.2) is 6.61 Å². The summed E-state index contributed by atoms with van der Waals surface area (Å²) in [6.45, 7) is -0.613. The largest absolute Gasteiger partial charge is 0.497 e. The fourth-order valence-corrected chi connectivity index (χ4v) is 3.70. The summed E-state index contributed by atoms with van der Waals surface area (Å²) in [5.74, 6) is -0.796. The van der Waals surface area contributed by atoms with Crippen LogP contribution in [-0.2, 0) is 15.7 Å². The molecule has 0 N–H and O–H groups in total. The predicted molar refractivity (Wildman–Crippen MR) is 122 cm³/mol. The van der Waals surface area contributed by atoms with Crippen LogP contribution in [0.4, 0.5) is 13.2 Å². The number of alkyl halides is 3. The predicted octanol–water partition coefficient (Wildman–Crippen LogP) is 5.25. The number of carbonyl (C=O) groups excluding carboxylic acids is 2. The highest BCUT2D eigenvalue weighted by Gasteiger charge is 2.34. The average molecular weight is 482 g/mol. The van der Waals surface area contributed by atoms with Crippen LogP contribution < -0.4 is 4.74 Å². The normalized spacial score (nSPS) is 15.5. The number of methoxy groups -OCH3 is 1. The van der Waals surface area contributed by atoms with Crippen LogP contribution in [0.15, 0.2) is 84.0 Å². The van der Waals surface area contributed by atoms with E-state index < -0.39 is 36.3 Å². The topological polar surface area (TPSA) is 68.2 Å². The highest BCUT2D eigenvalue weighted by atomic mass is 19.4. The molecule has 0 fully saturated rings. The molecule has 0 saturated carbocycles. The summed E-state index contributed by atoms with van der Waals surface area (Å²) < 4.78 is 48.5. The summed E-state index contributed by atoms with van der Waals surface area (Å²) in [6, 6.07) is 19.8. The van der Waals surface area contributed by atoms with Gasteiger partial charge in [-0.25, -0.2) is 9.80 Å². The van der Waals surface area contributed by atoms with E-state index in [9.17, 15) is 22.8 Å². The van der Waals surface area contributed by atoms with Crippen molar-refractivity contribution >= 4 is 17.6 Å². The van der Waals surface area contributed by atoms with Crippen molar-refractivity contribution in [3.8, 4) is 5.75 Å². The van der Waals surface area contributed by atoms with Gasteiger partial charge in [0, 0.05) is 6.42 Å². The monoisotopic (exact) mass is 482 g/mol. The molecule has 3 aromatic rings. The van der Waals surface area contributed by atoms with Crippen molar-refractivity contribution in [1.29, 1.82) is 0 Å². The molecule has 0 aromatic heterocycles. The lowest BCUT2D eigenvalue weighted by molar-refractivity contribution is -0.137. The Morgan fingerprint density at radius 2 is 1.63 bits per heavy atom. The summed E-state index contributed by atoms with van der Waals surface area (Å²) in [5.41, 5.74) is 1.42. The maximum Gasteiger partial charge on any atom is 0.416 e. The van der Waals surface area contributed by atoms with Gasteiger partial charge in [0.25, 0.3) is 5.91 Å². The molecule has 1 aliphatic heterocycles. The van der Waals surface area contributed by atoms with Crippen molar-refractivity contribution in [2.45, 2.75) is 18.6 Å². The minimum atomic E-state index is -4.51. The third-order valence-corrected chi connectivity index (χ3v) is 5.55. The Hall–Kier alpha value is -4.14. The zero-order valence-electron chi connectivity index (χ0n) is 18.7. The number of benzene rings is 3. The second-order valence-electron chi connectivity index (χ2n) is 7.80. The Morgan fingerprint density at radius 3 is 2.23 bits per heavy atom. The molecule has 180 valence electrons. The van der Waals surface area contributed by atoms with Gasteiger partial charge in [-0.2, -0.15) is 18.3 Å². The molecule has 0 spiro atoms. The number of nitrogens with zero attached hydrogens (tertiary/aromatic N) is 2. The third kappa shape index (κ3) is 5.51. The number of rotatable bonds is 6. The lowest BCUT2D eigenvalue weighted by Gasteiger charge is -2.22. The van der Waals surface area contributed by atoms with Gasteiger partial charge in [-0.15, -0.1) is 0 Å². The summed E-state index contributed by atoms with van der Waals surface area (Å²) in [4.78, 5) is 25.3. The first-order valence-corrected chi connectivity index (χ1v) is 10.7. The van der Waals surface area contributed by atoms with E-state index in [2.05, 4.69) is 5.10 Å². The Morgan fingerprint density at radius 1 is 0.971 bits per heavy atom. The lowest BCUT2D eigenvalue weighted by atomic mass is 9.98. The number of hydrogen-bond acceptors (Lipinski definition) is 5. The Balaban J connectivity index is 1.50. The first-order valence-electron chi connectivity index (χ1n) is 10.7. The number of halogens is 3. The van der Waals surface area contributed by atoms with Crippen LogP contribution in [0.5, 0.6) is 5.75 Å². The molecule has 9 heteroatoms. The van der Waals surface area contributed by atoms with E-state index >= 15 is 0 Å². The minimum absolute atomic E-state index is 0.0904. The van der Waals surface area contributed by atoms with Gasteiger partial charge in [0.1, 0.15) is 5.75 Å². The number of hydrazone groups is 1. The van der Waals surface area contributed by atoms with Crippen LogP contribution in [0.1, 0.15) is 39.5 Å². The fourth-order valence-electron chi connectivity index (χ4n) is 3.70. The van der Waals surface area contributed by atoms with Crippen LogP contribution in [0.3, 0.4) is 0 Å². The van der Waals surface area contributed by atoms with Gasteiger partial charge in [0.05, 0.1) is 30.0 Å². The van der Waals surface area contributed by atoms with E-state index in [0.29, 0.717) is 17.9 Å². The molecule has 3 aromatic carbocycles. The second kappa shape index (κ2) is 10.0. The van der Waals surface area contributed by atoms with Gasteiger partial charge in [-0.05, 0) is 47.5 Å². The summed E-state index contributed by atoms with van der Waals surface area (Å²) >= 11 is 0. The Labute approximate surface area is 199 Å². The molecule has 0 radical (unpaired) electrons. The molecule has 1 atom stereocenters. The molecule has 1 amide bonds. The smallest absolute Gasteiger partial charge is 0.416 e. The van der Waals surface area contributed by atoms with E-state index in [1.54, 1.807) is 19.2 Å². The lowest BCUT2D eigenvalue weighted by Crippen LogP contribution is -2.31. The molecular weight excluding hydrogens is 461 g/mol. The molecule has 0 aliphatic carbocycles. The van der Waals surface area contributed by atoms with E-state index in [1.807, 2.05) is 42.5 Å². The van der Waals surface area contributed by atoms with Gasteiger partial charge in [0.2, 0.25) is 0 Å².